The number of nitrogens with zero attached hydrogens (tertiary/aromatic N) is 2. The van der Waals surface area contributed by atoms with Crippen LogP contribution in [-0.4, -0.2) is 407 Å². The number of aliphatic hydroxyl groups is 1. The number of rotatable bonds is 100. The van der Waals surface area contributed by atoms with Crippen LogP contribution >= 0.6 is 0 Å². The normalized spacial score (nSPS) is 11.8. The molecule has 2 aromatic carbocycles. The number of aliphatic hydroxyl groups excluding tert-OH is 1. The van der Waals surface area contributed by atoms with Gasteiger partial charge >= 0.3 is 0 Å². The van der Waals surface area contributed by atoms with Gasteiger partial charge in [0.2, 0.25) is 0 Å². The molecule has 0 atom stereocenters. The molecule has 0 aliphatic heterocycles. The summed E-state index contributed by atoms with van der Waals surface area (Å²) in [5, 5.41) is 27.5. The van der Waals surface area contributed by atoms with Crippen LogP contribution in [0.2, 0.25) is 0 Å². The molecule has 0 fully saturated rings. The zero-order chi connectivity index (χ0) is 81.5. The zero-order valence-electron chi connectivity index (χ0n) is 69.7. The SMILES string of the molecule is CCCCCCCCCc1ccc(OCCOCCOCCOCCOCCOCCOCCOCCOCCOCCOCCOCCOCCOCCOCCOCCOCCOCCOCCOCCOCCOCCOCCOCCOCCOCCOCCOCCOCCOCCO)c(N=Nc2ccccc2O)c1. The lowest BCUT2D eigenvalue weighted by molar-refractivity contribution is -0.0324. The highest BCUT2D eigenvalue weighted by Gasteiger charge is 2.09. The van der Waals surface area contributed by atoms with E-state index in [9.17, 15) is 5.11 Å². The van der Waals surface area contributed by atoms with Crippen molar-refractivity contribution in [3.8, 4) is 11.5 Å². The molecule has 0 heterocycles. The van der Waals surface area contributed by atoms with Crippen LogP contribution in [0.1, 0.15) is 57.4 Å². The number of benzene rings is 2. The van der Waals surface area contributed by atoms with E-state index in [1.165, 1.54) is 44.1 Å². The Kier molecular flexibility index (Phi) is 88.2. The largest absolute Gasteiger partial charge is 0.506 e. The van der Waals surface area contributed by atoms with Crippen LogP contribution in [0, 0.1) is 0 Å². The molecule has 0 bridgehead atoms. The van der Waals surface area contributed by atoms with E-state index in [2.05, 4.69) is 23.2 Å². The number of unbranched alkanes of at least 4 members (excludes halogenated alkanes) is 6. The molecule has 2 aromatic rings. The number of phenolic OH excluding ortho intramolecular Hbond substituents is 1. The summed E-state index contributed by atoms with van der Waals surface area (Å²) in [6, 6.07) is 12.9. The maximum atomic E-state index is 10.2. The minimum atomic E-state index is 0.0154. The van der Waals surface area contributed by atoms with E-state index < -0.39 is 0 Å². The van der Waals surface area contributed by atoms with Gasteiger partial charge in [-0.05, 0) is 42.7 Å². The van der Waals surface area contributed by atoms with Crippen molar-refractivity contribution in [3.63, 3.8) is 0 Å². The standard InChI is InChI=1S/C81H148N2O32/c1-2-3-4-5-6-7-8-11-77-14-15-81(79(76-77)83-82-78-12-9-10-13-80(78)85)115-75-74-114-73-72-113-71-70-112-69-68-111-67-66-110-65-64-109-63-62-108-61-60-107-59-58-106-57-56-105-55-54-104-53-52-103-51-50-102-49-48-101-47-46-100-45-44-99-43-42-98-41-40-97-39-38-96-37-36-95-35-34-94-33-32-93-31-30-92-29-28-91-27-26-90-25-24-89-23-22-88-21-20-87-19-18-86-17-16-84/h9-10,12-15,76,84-85H,2-8,11,16-75H2,1H3. The summed E-state index contributed by atoms with van der Waals surface area (Å²) in [4.78, 5) is 0. The average Bonchev–Trinajstić information content (AvgIpc) is 0.851. The van der Waals surface area contributed by atoms with E-state index in [0.29, 0.717) is 407 Å². The lowest BCUT2D eigenvalue weighted by Gasteiger charge is -2.11. The van der Waals surface area contributed by atoms with Crippen LogP contribution in [0.25, 0.3) is 0 Å². The lowest BCUT2D eigenvalue weighted by atomic mass is 10.0. The Balaban J connectivity index is 1.13. The molecular weight excluding hydrogens is 1510 g/mol. The van der Waals surface area contributed by atoms with Gasteiger partial charge < -0.3 is 152 Å². The number of hydrogen-bond donors (Lipinski definition) is 2. The third kappa shape index (κ3) is 82.5. The van der Waals surface area contributed by atoms with Gasteiger partial charge in [-0.15, -0.1) is 10.2 Å². The summed E-state index contributed by atoms with van der Waals surface area (Å²) in [5.41, 5.74) is 2.21. The van der Waals surface area contributed by atoms with Gasteiger partial charge in [-0.25, -0.2) is 0 Å². The number of phenols is 1. The minimum absolute atomic E-state index is 0.0154. The van der Waals surface area contributed by atoms with E-state index >= 15 is 0 Å². The van der Waals surface area contributed by atoms with Crippen LogP contribution in [0.3, 0.4) is 0 Å². The Morgan fingerprint density at radius 2 is 0.417 bits per heavy atom. The highest BCUT2D eigenvalue weighted by Crippen LogP contribution is 2.33. The van der Waals surface area contributed by atoms with Gasteiger partial charge in [-0.2, -0.15) is 0 Å². The van der Waals surface area contributed by atoms with E-state index in [1.807, 2.05) is 18.2 Å². The Labute approximate surface area is 685 Å². The highest BCUT2D eigenvalue weighted by molar-refractivity contribution is 5.55. The van der Waals surface area contributed by atoms with Gasteiger partial charge in [0.15, 0.2) is 0 Å². The van der Waals surface area contributed by atoms with Crippen LogP contribution < -0.4 is 4.74 Å². The average molecular weight is 1660 g/mol. The topological polar surface area (TPSA) is 342 Å². The zero-order valence-corrected chi connectivity index (χ0v) is 69.7. The van der Waals surface area contributed by atoms with Crippen LogP contribution in [0.4, 0.5) is 11.4 Å². The van der Waals surface area contributed by atoms with Crippen molar-refractivity contribution >= 4 is 11.4 Å². The second-order valence-electron chi connectivity index (χ2n) is 24.7. The van der Waals surface area contributed by atoms with Crippen molar-refractivity contribution < 1.29 is 152 Å². The predicted octanol–water partition coefficient (Wildman–Crippen LogP) is 6.95. The number of azo groups is 1. The van der Waals surface area contributed by atoms with Gasteiger partial charge in [0.05, 0.1) is 390 Å². The fraction of sp³-hybridized carbons (Fsp3) is 0.852. The summed E-state index contributed by atoms with van der Waals surface area (Å²) in [7, 11) is 0. The summed E-state index contributed by atoms with van der Waals surface area (Å²) in [6.07, 6.45) is 9.75. The second kappa shape index (κ2) is 94.3. The minimum Gasteiger partial charge on any atom is -0.506 e. The van der Waals surface area contributed by atoms with Crippen molar-refractivity contribution in [1.29, 1.82) is 0 Å². The molecule has 2 N–H and O–H groups in total. The van der Waals surface area contributed by atoms with Gasteiger partial charge in [0, 0.05) is 0 Å². The first-order valence-corrected chi connectivity index (χ1v) is 41.5. The van der Waals surface area contributed by atoms with Crippen molar-refractivity contribution in [2.45, 2.75) is 58.3 Å². The fourth-order valence-electron chi connectivity index (χ4n) is 9.40. The summed E-state index contributed by atoms with van der Waals surface area (Å²) in [5.74, 6) is 0.689. The van der Waals surface area contributed by atoms with Crippen molar-refractivity contribution in [2.24, 2.45) is 10.2 Å². The summed E-state index contributed by atoms with van der Waals surface area (Å²) >= 11 is 0. The monoisotopic (exact) mass is 1660 g/mol. The molecule has 34 heteroatoms. The molecule has 115 heavy (non-hydrogen) atoms. The molecule has 2 rings (SSSR count). The van der Waals surface area contributed by atoms with E-state index in [-0.39, 0.29) is 12.4 Å². The molecular formula is C81H148N2O32. The molecule has 0 aliphatic carbocycles. The smallest absolute Gasteiger partial charge is 0.146 e. The van der Waals surface area contributed by atoms with E-state index in [1.54, 1.807) is 18.2 Å². The molecule has 674 valence electrons. The molecule has 0 aliphatic rings. The maximum Gasteiger partial charge on any atom is 0.146 e. The van der Waals surface area contributed by atoms with Gasteiger partial charge in [0.1, 0.15) is 29.5 Å². The number of aromatic hydroxyl groups is 1. The van der Waals surface area contributed by atoms with Crippen molar-refractivity contribution in [3.05, 3.63) is 48.0 Å². The lowest BCUT2D eigenvalue weighted by Crippen LogP contribution is -2.16. The van der Waals surface area contributed by atoms with Gasteiger partial charge in [-0.1, -0.05) is 63.6 Å². The molecule has 34 nitrogen and oxygen atoms in total. The Morgan fingerprint density at radius 3 is 0.643 bits per heavy atom. The summed E-state index contributed by atoms with van der Waals surface area (Å²) in [6.45, 7) is 30.0. The molecule has 0 aromatic heterocycles. The molecule has 0 amide bonds. The first-order valence-electron chi connectivity index (χ1n) is 41.5. The third-order valence-electron chi connectivity index (χ3n) is 15.4. The molecule has 0 saturated carbocycles. The Hall–Kier alpha value is -3.56. The first kappa shape index (κ1) is 108. The second-order valence-corrected chi connectivity index (χ2v) is 24.7. The van der Waals surface area contributed by atoms with Crippen LogP contribution in [0.5, 0.6) is 11.5 Å². The number of para-hydroxylation sites is 1. The van der Waals surface area contributed by atoms with Crippen molar-refractivity contribution in [1.82, 2.24) is 0 Å². The van der Waals surface area contributed by atoms with E-state index in [0.717, 1.165) is 12.8 Å². The van der Waals surface area contributed by atoms with E-state index in [4.69, 9.17) is 147 Å². The van der Waals surface area contributed by atoms with Gasteiger partial charge in [-0.3, -0.25) is 0 Å². The van der Waals surface area contributed by atoms with Gasteiger partial charge in [0.25, 0.3) is 0 Å². The number of ether oxygens (including phenoxy) is 30. The molecule has 0 spiro atoms. The van der Waals surface area contributed by atoms with Crippen LogP contribution in [-0.2, 0) is 144 Å². The first-order chi connectivity index (χ1) is 57.2. The molecule has 0 saturated heterocycles. The Morgan fingerprint density at radius 1 is 0.217 bits per heavy atom. The highest BCUT2D eigenvalue weighted by atomic mass is 16.6. The molecule has 0 radical (unpaired) electrons. The number of hydrogen-bond acceptors (Lipinski definition) is 34. The molecule has 0 unspecified atom stereocenters. The fourth-order valence-corrected chi connectivity index (χ4v) is 9.40. The number of aryl methyl sites for hydroxylation is 1. The Bertz CT molecular complexity index is 2230. The van der Waals surface area contributed by atoms with Crippen LogP contribution in [0.15, 0.2) is 52.7 Å². The quantitative estimate of drug-likeness (QED) is 0.0499. The van der Waals surface area contributed by atoms with Crippen molar-refractivity contribution in [2.75, 3.05) is 396 Å². The third-order valence-corrected chi connectivity index (χ3v) is 15.4. The maximum absolute atomic E-state index is 10.2. The summed E-state index contributed by atoms with van der Waals surface area (Å²) < 4.78 is 166. The predicted molar refractivity (Wildman–Crippen MR) is 427 cm³/mol.